The maximum absolute atomic E-state index is 12.6. The second-order valence-electron chi connectivity index (χ2n) is 8.57. The van der Waals surface area contributed by atoms with Crippen molar-refractivity contribution < 1.29 is 4.79 Å². The summed E-state index contributed by atoms with van der Waals surface area (Å²) in [6, 6.07) is 20.9. The van der Waals surface area contributed by atoms with Gasteiger partial charge in [0.25, 0.3) is 5.91 Å². The van der Waals surface area contributed by atoms with Crippen molar-refractivity contribution in [2.75, 3.05) is 25.5 Å². The highest BCUT2D eigenvalue weighted by Gasteiger charge is 2.24. The van der Waals surface area contributed by atoms with Crippen molar-refractivity contribution in [2.45, 2.75) is 18.8 Å². The molecule has 1 N–H and O–H groups in total. The predicted octanol–water partition coefficient (Wildman–Crippen LogP) is 6.59. The highest BCUT2D eigenvalue weighted by molar-refractivity contribution is 7.15. The van der Waals surface area contributed by atoms with Crippen LogP contribution < -0.4 is 5.32 Å². The first-order chi connectivity index (χ1) is 16.6. The van der Waals surface area contributed by atoms with E-state index in [9.17, 15) is 4.79 Å². The fourth-order valence-electron chi connectivity index (χ4n) is 4.21. The molecule has 1 saturated heterocycles. The summed E-state index contributed by atoms with van der Waals surface area (Å²) in [7, 11) is 2.17. The molecule has 1 amide bonds. The number of nitrogens with zero attached hydrogens (tertiary/aromatic N) is 3. The van der Waals surface area contributed by atoms with E-state index < -0.39 is 0 Å². The largest absolute Gasteiger partial charge is 0.307 e. The van der Waals surface area contributed by atoms with E-state index in [1.165, 1.54) is 0 Å². The lowest BCUT2D eigenvalue weighted by Crippen LogP contribution is -2.29. The van der Waals surface area contributed by atoms with E-state index in [1.54, 1.807) is 29.7 Å². The Bertz CT molecular complexity index is 1300. The quantitative estimate of drug-likeness (QED) is 0.344. The van der Waals surface area contributed by atoms with Gasteiger partial charge in [0.2, 0.25) is 0 Å². The fraction of sp³-hybridized carbons (Fsp3) is 0.222. The zero-order valence-corrected chi connectivity index (χ0v) is 20.4. The number of benzene rings is 2. The average molecular weight is 489 g/mol. The Morgan fingerprint density at radius 2 is 1.82 bits per heavy atom. The summed E-state index contributed by atoms with van der Waals surface area (Å²) in [5.74, 6) is 0.779. The Balaban J connectivity index is 1.51. The van der Waals surface area contributed by atoms with E-state index in [0.717, 1.165) is 52.6 Å². The molecule has 1 fully saturated rings. The molecule has 0 atom stereocenters. The minimum atomic E-state index is -0.184. The molecule has 5 nitrogen and oxygen atoms in total. The number of nitrogens with one attached hydrogen (secondary N) is 1. The third-order valence-corrected chi connectivity index (χ3v) is 7.61. The molecule has 7 heteroatoms. The van der Waals surface area contributed by atoms with Gasteiger partial charge in [-0.1, -0.05) is 41.9 Å². The van der Waals surface area contributed by atoms with Crippen molar-refractivity contribution in [2.24, 2.45) is 0 Å². The first-order valence-electron chi connectivity index (χ1n) is 11.3. The third-order valence-electron chi connectivity index (χ3n) is 6.11. The van der Waals surface area contributed by atoms with Gasteiger partial charge in [-0.3, -0.25) is 4.79 Å². The van der Waals surface area contributed by atoms with Crippen LogP contribution in [-0.2, 0) is 0 Å². The van der Waals surface area contributed by atoms with Crippen molar-refractivity contribution in [3.63, 3.8) is 0 Å². The molecule has 0 saturated carbocycles. The maximum atomic E-state index is 12.6. The van der Waals surface area contributed by atoms with Crippen LogP contribution in [0.25, 0.3) is 21.7 Å². The number of pyridine rings is 1. The Kier molecular flexibility index (Phi) is 6.72. The number of rotatable bonds is 5. The van der Waals surface area contributed by atoms with Crippen LogP contribution in [0.2, 0.25) is 5.02 Å². The number of carbonyl (C=O) groups is 1. The minimum absolute atomic E-state index is 0.184. The lowest BCUT2D eigenvalue weighted by Gasteiger charge is -2.27. The summed E-state index contributed by atoms with van der Waals surface area (Å²) in [6.45, 7) is 2.16. The van der Waals surface area contributed by atoms with Gasteiger partial charge in [-0.25, -0.2) is 9.97 Å². The van der Waals surface area contributed by atoms with Crippen molar-refractivity contribution in [1.82, 2.24) is 14.9 Å². The van der Waals surface area contributed by atoms with Crippen LogP contribution in [0.3, 0.4) is 0 Å². The number of amides is 1. The molecule has 4 aromatic rings. The smallest absolute Gasteiger partial charge is 0.256 e. The van der Waals surface area contributed by atoms with E-state index in [1.807, 2.05) is 54.6 Å². The first kappa shape index (κ1) is 22.7. The van der Waals surface area contributed by atoms with Gasteiger partial charge >= 0.3 is 0 Å². The molecular formula is C27H25ClN4OS. The number of likely N-dealkylation sites (tertiary alicyclic amines) is 1. The number of carbonyl (C=O) groups excluding carboxylic acids is 1. The Labute approximate surface area is 208 Å². The zero-order valence-electron chi connectivity index (χ0n) is 18.9. The van der Waals surface area contributed by atoms with E-state index in [2.05, 4.69) is 22.2 Å². The number of aromatic nitrogens is 2. The van der Waals surface area contributed by atoms with Crippen molar-refractivity contribution in [3.8, 4) is 21.7 Å². The summed E-state index contributed by atoms with van der Waals surface area (Å²) in [5, 5.41) is 4.76. The molecule has 34 heavy (non-hydrogen) atoms. The van der Waals surface area contributed by atoms with Gasteiger partial charge in [0, 0.05) is 28.3 Å². The Hall–Kier alpha value is -3.06. The fourth-order valence-corrected chi connectivity index (χ4v) is 5.66. The van der Waals surface area contributed by atoms with Crippen LogP contribution in [0, 0.1) is 0 Å². The molecule has 1 aliphatic heterocycles. The van der Waals surface area contributed by atoms with Gasteiger partial charge < -0.3 is 10.2 Å². The SMILES string of the molecule is CN1CCC(c2nc(-c3cccc(Cl)c3)c(-c3ccnc(NC(=O)c4ccccc4)c3)s2)CC1. The molecule has 0 spiro atoms. The standard InChI is InChI=1S/C27H25ClN4OS/c1-32-14-11-19(12-15-32)27-31-24(20-8-5-9-22(28)16-20)25(34-27)21-10-13-29-23(17-21)30-26(33)18-6-3-2-4-7-18/h2-10,13,16-17,19H,11-12,14-15H2,1H3,(H,29,30,33). The molecule has 0 unspecified atom stereocenters. The normalized spacial score (nSPS) is 14.8. The lowest BCUT2D eigenvalue weighted by atomic mass is 9.98. The molecule has 1 aliphatic rings. The molecule has 3 heterocycles. The van der Waals surface area contributed by atoms with Crippen molar-refractivity contribution in [3.05, 3.63) is 88.5 Å². The molecular weight excluding hydrogens is 464 g/mol. The lowest BCUT2D eigenvalue weighted by molar-refractivity contribution is 0.102. The Morgan fingerprint density at radius 3 is 2.59 bits per heavy atom. The summed E-state index contributed by atoms with van der Waals surface area (Å²) in [4.78, 5) is 25.6. The number of piperidine rings is 1. The average Bonchev–Trinajstić information content (AvgIpc) is 3.31. The summed E-state index contributed by atoms with van der Waals surface area (Å²) in [5.41, 5.74) is 3.49. The highest BCUT2D eigenvalue weighted by atomic mass is 35.5. The number of hydrogen-bond donors (Lipinski definition) is 1. The molecule has 0 radical (unpaired) electrons. The van der Waals surface area contributed by atoms with Crippen LogP contribution in [0.1, 0.15) is 34.1 Å². The highest BCUT2D eigenvalue weighted by Crippen LogP contribution is 2.42. The van der Waals surface area contributed by atoms with Gasteiger partial charge in [-0.15, -0.1) is 11.3 Å². The van der Waals surface area contributed by atoms with Gasteiger partial charge in [-0.05, 0) is 74.9 Å². The molecule has 0 bridgehead atoms. The number of anilines is 1. The van der Waals surface area contributed by atoms with Crippen LogP contribution in [0.15, 0.2) is 72.9 Å². The number of thiazole rings is 1. The summed E-state index contributed by atoms with van der Waals surface area (Å²) in [6.07, 6.45) is 3.94. The van der Waals surface area contributed by atoms with E-state index >= 15 is 0 Å². The van der Waals surface area contributed by atoms with E-state index in [-0.39, 0.29) is 5.91 Å². The Morgan fingerprint density at radius 1 is 1.03 bits per heavy atom. The zero-order chi connectivity index (χ0) is 23.5. The molecule has 172 valence electrons. The van der Waals surface area contributed by atoms with Gasteiger partial charge in [0.15, 0.2) is 0 Å². The number of hydrogen-bond acceptors (Lipinski definition) is 5. The topological polar surface area (TPSA) is 58.1 Å². The van der Waals surface area contributed by atoms with Gasteiger partial charge in [0.05, 0.1) is 15.6 Å². The van der Waals surface area contributed by atoms with Gasteiger partial charge in [-0.2, -0.15) is 0 Å². The van der Waals surface area contributed by atoms with Crippen molar-refractivity contribution >= 4 is 34.7 Å². The summed E-state index contributed by atoms with van der Waals surface area (Å²) >= 11 is 8.05. The van der Waals surface area contributed by atoms with E-state index in [4.69, 9.17) is 16.6 Å². The van der Waals surface area contributed by atoms with E-state index in [0.29, 0.717) is 22.3 Å². The van der Waals surface area contributed by atoms with Crippen LogP contribution in [-0.4, -0.2) is 40.9 Å². The predicted molar refractivity (Wildman–Crippen MR) is 140 cm³/mol. The second-order valence-corrected chi connectivity index (χ2v) is 10.0. The van der Waals surface area contributed by atoms with Crippen LogP contribution in [0.5, 0.6) is 0 Å². The van der Waals surface area contributed by atoms with Gasteiger partial charge in [0.1, 0.15) is 5.82 Å². The first-order valence-corrected chi connectivity index (χ1v) is 12.5. The summed E-state index contributed by atoms with van der Waals surface area (Å²) < 4.78 is 0. The maximum Gasteiger partial charge on any atom is 0.256 e. The second kappa shape index (κ2) is 10.1. The molecule has 0 aliphatic carbocycles. The molecule has 2 aromatic heterocycles. The molecule has 2 aromatic carbocycles. The van der Waals surface area contributed by atoms with Crippen LogP contribution >= 0.6 is 22.9 Å². The monoisotopic (exact) mass is 488 g/mol. The van der Waals surface area contributed by atoms with Crippen LogP contribution in [0.4, 0.5) is 5.82 Å². The molecule has 5 rings (SSSR count). The minimum Gasteiger partial charge on any atom is -0.307 e. The third kappa shape index (κ3) is 5.04. The number of halogens is 1. The van der Waals surface area contributed by atoms with Crippen molar-refractivity contribution in [1.29, 1.82) is 0 Å².